The Balaban J connectivity index is 2.22. The lowest BCUT2D eigenvalue weighted by molar-refractivity contribution is 0.0905. The van der Waals surface area contributed by atoms with E-state index in [4.69, 9.17) is 18.0 Å². The molecule has 0 bridgehead atoms. The Bertz CT molecular complexity index is 537. The van der Waals surface area contributed by atoms with E-state index in [2.05, 4.69) is 5.32 Å². The summed E-state index contributed by atoms with van der Waals surface area (Å²) < 4.78 is 0. The maximum atomic E-state index is 12.4. The number of hydrogen-bond donors (Lipinski definition) is 3. The van der Waals surface area contributed by atoms with Crippen LogP contribution in [0.25, 0.3) is 0 Å². The van der Waals surface area contributed by atoms with Gasteiger partial charge in [0.1, 0.15) is 5.75 Å². The predicted octanol–water partition coefficient (Wildman–Crippen LogP) is 2.42. The van der Waals surface area contributed by atoms with Gasteiger partial charge in [-0.05, 0) is 37.5 Å². The van der Waals surface area contributed by atoms with Crippen molar-refractivity contribution in [2.75, 3.05) is 0 Å². The first-order valence-corrected chi connectivity index (χ1v) is 7.27. The Morgan fingerprint density at radius 3 is 2.55 bits per heavy atom. The molecular weight excluding hydrogens is 272 g/mol. The number of thiocarbonyl (C=S) groups is 1. The highest BCUT2D eigenvalue weighted by atomic mass is 32.1. The number of nitrogens with one attached hydrogen (secondary N) is 1. The zero-order valence-corrected chi connectivity index (χ0v) is 12.4. The fraction of sp³-hybridized carbons (Fsp3) is 0.467. The summed E-state index contributed by atoms with van der Waals surface area (Å²) in [5.41, 5.74) is 6.40. The van der Waals surface area contributed by atoms with Gasteiger partial charge in [-0.1, -0.05) is 37.5 Å². The largest absolute Gasteiger partial charge is 0.507 e. The zero-order chi connectivity index (χ0) is 14.8. The number of carbonyl (C=O) groups is 1. The summed E-state index contributed by atoms with van der Waals surface area (Å²) in [5.74, 6) is -0.339. The molecule has 0 heterocycles. The molecule has 0 aliphatic heterocycles. The standard InChI is InChI=1S/C15H20N2O2S/c1-10-5-6-11(12(18)9-10)13(19)17-15(14(16)20)7-3-2-4-8-15/h5-6,9,18H,2-4,7-8H2,1H3,(H2,16,20)(H,17,19). The van der Waals surface area contributed by atoms with Gasteiger partial charge in [-0.2, -0.15) is 0 Å². The van der Waals surface area contributed by atoms with Crippen molar-refractivity contribution in [2.45, 2.75) is 44.6 Å². The van der Waals surface area contributed by atoms with Crippen molar-refractivity contribution >= 4 is 23.1 Å². The molecule has 1 saturated carbocycles. The summed E-state index contributed by atoms with van der Waals surface area (Å²) in [6.45, 7) is 1.86. The zero-order valence-electron chi connectivity index (χ0n) is 11.6. The van der Waals surface area contributed by atoms with Crippen LogP contribution in [0.3, 0.4) is 0 Å². The normalized spacial score (nSPS) is 17.4. The van der Waals surface area contributed by atoms with E-state index in [0.29, 0.717) is 4.99 Å². The molecule has 2 rings (SSSR count). The van der Waals surface area contributed by atoms with E-state index in [-0.39, 0.29) is 17.2 Å². The van der Waals surface area contributed by atoms with Crippen molar-refractivity contribution in [3.8, 4) is 5.75 Å². The van der Waals surface area contributed by atoms with Crippen molar-refractivity contribution in [3.05, 3.63) is 29.3 Å². The number of benzene rings is 1. The average Bonchev–Trinajstić information content (AvgIpc) is 2.39. The van der Waals surface area contributed by atoms with Gasteiger partial charge < -0.3 is 16.2 Å². The van der Waals surface area contributed by atoms with Gasteiger partial charge in [0.15, 0.2) is 0 Å². The van der Waals surface area contributed by atoms with Gasteiger partial charge >= 0.3 is 0 Å². The lowest BCUT2D eigenvalue weighted by Gasteiger charge is -2.37. The first-order chi connectivity index (χ1) is 9.44. The highest BCUT2D eigenvalue weighted by Crippen LogP contribution is 2.29. The van der Waals surface area contributed by atoms with Gasteiger partial charge in [0.25, 0.3) is 5.91 Å². The fourth-order valence-electron chi connectivity index (χ4n) is 2.71. The molecule has 0 spiro atoms. The van der Waals surface area contributed by atoms with E-state index >= 15 is 0 Å². The molecule has 0 unspecified atom stereocenters. The number of rotatable bonds is 3. The van der Waals surface area contributed by atoms with Gasteiger partial charge in [0.2, 0.25) is 0 Å². The van der Waals surface area contributed by atoms with Gasteiger partial charge in [-0.3, -0.25) is 4.79 Å². The van der Waals surface area contributed by atoms with Crippen LogP contribution in [0.4, 0.5) is 0 Å². The third-order valence-electron chi connectivity index (χ3n) is 3.93. The smallest absolute Gasteiger partial charge is 0.255 e. The van der Waals surface area contributed by atoms with Crippen LogP contribution in [0.1, 0.15) is 48.0 Å². The molecule has 1 aromatic carbocycles. The summed E-state index contributed by atoms with van der Waals surface area (Å²) in [7, 11) is 0. The van der Waals surface area contributed by atoms with Gasteiger partial charge in [0, 0.05) is 0 Å². The molecular formula is C15H20N2O2S. The number of phenolic OH excluding ortho intramolecular Hbond substituents is 1. The van der Waals surface area contributed by atoms with Crippen LogP contribution in [-0.4, -0.2) is 21.5 Å². The molecule has 1 amide bonds. The number of aryl methyl sites for hydroxylation is 1. The Hall–Kier alpha value is -1.62. The molecule has 1 aliphatic carbocycles. The second-order valence-electron chi connectivity index (χ2n) is 5.48. The van der Waals surface area contributed by atoms with Gasteiger partial charge in [0.05, 0.1) is 16.1 Å². The van der Waals surface area contributed by atoms with E-state index < -0.39 is 5.54 Å². The molecule has 1 aliphatic rings. The minimum Gasteiger partial charge on any atom is -0.507 e. The van der Waals surface area contributed by atoms with Gasteiger partial charge in [-0.25, -0.2) is 0 Å². The quantitative estimate of drug-likeness (QED) is 0.748. The van der Waals surface area contributed by atoms with Crippen LogP contribution in [0.15, 0.2) is 18.2 Å². The van der Waals surface area contributed by atoms with E-state index in [1.54, 1.807) is 18.2 Å². The number of phenols is 1. The lowest BCUT2D eigenvalue weighted by Crippen LogP contribution is -2.57. The van der Waals surface area contributed by atoms with Crippen molar-refractivity contribution in [3.63, 3.8) is 0 Å². The fourth-order valence-corrected chi connectivity index (χ4v) is 2.96. The lowest BCUT2D eigenvalue weighted by atomic mass is 9.81. The molecule has 4 N–H and O–H groups in total. The van der Waals surface area contributed by atoms with Crippen molar-refractivity contribution in [2.24, 2.45) is 5.73 Å². The maximum absolute atomic E-state index is 12.4. The Labute approximate surface area is 124 Å². The number of amides is 1. The van der Waals surface area contributed by atoms with Crippen LogP contribution in [-0.2, 0) is 0 Å². The predicted molar refractivity (Wildman–Crippen MR) is 82.9 cm³/mol. The number of carbonyl (C=O) groups excluding carboxylic acids is 1. The Kier molecular flexibility index (Phi) is 4.28. The van der Waals surface area contributed by atoms with E-state index in [1.165, 1.54) is 0 Å². The van der Waals surface area contributed by atoms with E-state index in [9.17, 15) is 9.90 Å². The summed E-state index contributed by atoms with van der Waals surface area (Å²) in [6.07, 6.45) is 4.66. The summed E-state index contributed by atoms with van der Waals surface area (Å²) >= 11 is 5.15. The van der Waals surface area contributed by atoms with Crippen LogP contribution < -0.4 is 11.1 Å². The second kappa shape index (κ2) is 5.79. The monoisotopic (exact) mass is 292 g/mol. The van der Waals surface area contributed by atoms with Crippen LogP contribution >= 0.6 is 12.2 Å². The molecule has 5 heteroatoms. The van der Waals surface area contributed by atoms with E-state index in [1.807, 2.05) is 6.92 Å². The number of hydrogen-bond acceptors (Lipinski definition) is 3. The number of aromatic hydroxyl groups is 1. The van der Waals surface area contributed by atoms with Crippen LogP contribution in [0.5, 0.6) is 5.75 Å². The molecule has 0 radical (unpaired) electrons. The third-order valence-corrected chi connectivity index (χ3v) is 4.32. The second-order valence-corrected chi connectivity index (χ2v) is 5.92. The molecule has 20 heavy (non-hydrogen) atoms. The number of nitrogens with two attached hydrogens (primary N) is 1. The molecule has 4 nitrogen and oxygen atoms in total. The molecule has 1 fully saturated rings. The SMILES string of the molecule is Cc1ccc(C(=O)NC2(C(N)=S)CCCCC2)c(O)c1. The molecule has 0 saturated heterocycles. The summed E-state index contributed by atoms with van der Waals surface area (Å²) in [4.78, 5) is 12.7. The third kappa shape index (κ3) is 2.93. The summed E-state index contributed by atoms with van der Waals surface area (Å²) in [5, 5.41) is 12.8. The van der Waals surface area contributed by atoms with Crippen molar-refractivity contribution in [1.82, 2.24) is 5.32 Å². The van der Waals surface area contributed by atoms with Crippen molar-refractivity contribution < 1.29 is 9.90 Å². The molecule has 0 aromatic heterocycles. The minimum absolute atomic E-state index is 0.0172. The minimum atomic E-state index is -0.609. The molecule has 0 atom stereocenters. The average molecular weight is 292 g/mol. The highest BCUT2D eigenvalue weighted by Gasteiger charge is 2.37. The van der Waals surface area contributed by atoms with Gasteiger partial charge in [-0.15, -0.1) is 0 Å². The first kappa shape index (κ1) is 14.8. The topological polar surface area (TPSA) is 75.4 Å². The van der Waals surface area contributed by atoms with Crippen LogP contribution in [0.2, 0.25) is 0 Å². The Morgan fingerprint density at radius 2 is 2.00 bits per heavy atom. The summed E-state index contributed by atoms with van der Waals surface area (Å²) in [6, 6.07) is 4.99. The molecule has 108 valence electrons. The van der Waals surface area contributed by atoms with Crippen LogP contribution in [0, 0.1) is 6.92 Å². The van der Waals surface area contributed by atoms with E-state index in [0.717, 1.165) is 37.7 Å². The van der Waals surface area contributed by atoms with Crippen molar-refractivity contribution in [1.29, 1.82) is 0 Å². The maximum Gasteiger partial charge on any atom is 0.255 e. The molecule has 1 aromatic rings. The Morgan fingerprint density at radius 1 is 1.35 bits per heavy atom. The highest BCUT2D eigenvalue weighted by molar-refractivity contribution is 7.80. The first-order valence-electron chi connectivity index (χ1n) is 6.87.